The normalized spacial score (nSPS) is 34.3. The lowest BCUT2D eigenvalue weighted by Gasteiger charge is -2.42. The second-order valence-electron chi connectivity index (χ2n) is 5.32. The lowest BCUT2D eigenvalue weighted by Crippen LogP contribution is -2.51. The van der Waals surface area contributed by atoms with Gasteiger partial charge in [-0.3, -0.25) is 4.90 Å². The van der Waals surface area contributed by atoms with Crippen molar-refractivity contribution in [1.29, 1.82) is 0 Å². The minimum atomic E-state index is 0.554. The number of nitrogens with zero attached hydrogens (tertiary/aromatic N) is 1. The first-order chi connectivity index (χ1) is 6.67. The SMILES string of the molecule is CC1(C)CSCC(N2CCNCC2)C1. The van der Waals surface area contributed by atoms with Crippen LogP contribution < -0.4 is 5.32 Å². The van der Waals surface area contributed by atoms with Crippen LogP contribution in [0.5, 0.6) is 0 Å². The molecule has 2 saturated heterocycles. The predicted molar refractivity (Wildman–Crippen MR) is 64.0 cm³/mol. The van der Waals surface area contributed by atoms with Crippen molar-refractivity contribution < 1.29 is 0 Å². The third kappa shape index (κ3) is 2.65. The van der Waals surface area contributed by atoms with Gasteiger partial charge in [-0.2, -0.15) is 11.8 Å². The molecule has 1 unspecified atom stereocenters. The lowest BCUT2D eigenvalue weighted by molar-refractivity contribution is 0.143. The summed E-state index contributed by atoms with van der Waals surface area (Å²) in [5.74, 6) is 2.69. The molecule has 0 aromatic carbocycles. The second kappa shape index (κ2) is 4.42. The summed E-state index contributed by atoms with van der Waals surface area (Å²) >= 11 is 2.14. The summed E-state index contributed by atoms with van der Waals surface area (Å²) in [6.07, 6.45) is 1.39. The summed E-state index contributed by atoms with van der Waals surface area (Å²) in [6.45, 7) is 9.69. The summed E-state index contributed by atoms with van der Waals surface area (Å²) in [7, 11) is 0. The maximum Gasteiger partial charge on any atom is 0.0192 e. The van der Waals surface area contributed by atoms with Crippen molar-refractivity contribution in [3.63, 3.8) is 0 Å². The zero-order valence-electron chi connectivity index (χ0n) is 9.38. The van der Waals surface area contributed by atoms with E-state index in [1.807, 2.05) is 0 Å². The number of hydrogen-bond acceptors (Lipinski definition) is 3. The fraction of sp³-hybridized carbons (Fsp3) is 1.00. The molecule has 0 aromatic rings. The van der Waals surface area contributed by atoms with Crippen molar-refractivity contribution in [2.75, 3.05) is 37.7 Å². The smallest absolute Gasteiger partial charge is 0.0192 e. The first kappa shape index (κ1) is 10.8. The average molecular weight is 214 g/mol. The van der Waals surface area contributed by atoms with Gasteiger partial charge in [-0.1, -0.05) is 13.8 Å². The van der Waals surface area contributed by atoms with Gasteiger partial charge >= 0.3 is 0 Å². The highest BCUT2D eigenvalue weighted by atomic mass is 32.2. The summed E-state index contributed by atoms with van der Waals surface area (Å²) in [4.78, 5) is 2.68. The summed E-state index contributed by atoms with van der Waals surface area (Å²) in [6, 6.07) is 0.839. The number of nitrogens with one attached hydrogen (secondary N) is 1. The number of piperazine rings is 1. The van der Waals surface area contributed by atoms with E-state index in [-0.39, 0.29) is 0 Å². The molecule has 0 saturated carbocycles. The molecule has 0 amide bonds. The minimum Gasteiger partial charge on any atom is -0.314 e. The van der Waals surface area contributed by atoms with Gasteiger partial charge in [0.15, 0.2) is 0 Å². The Hall–Kier alpha value is 0.270. The summed E-state index contributed by atoms with van der Waals surface area (Å²) in [5, 5.41) is 3.43. The van der Waals surface area contributed by atoms with Crippen LogP contribution in [0.3, 0.4) is 0 Å². The fourth-order valence-corrected chi connectivity index (χ4v) is 3.90. The van der Waals surface area contributed by atoms with Gasteiger partial charge in [-0.05, 0) is 17.6 Å². The largest absolute Gasteiger partial charge is 0.314 e. The van der Waals surface area contributed by atoms with Gasteiger partial charge < -0.3 is 5.32 Å². The minimum absolute atomic E-state index is 0.554. The standard InChI is InChI=1S/C11H22N2S/c1-11(2)7-10(8-14-9-11)13-5-3-12-4-6-13/h10,12H,3-9H2,1-2H3. The third-order valence-corrected chi connectivity index (χ3v) is 4.87. The molecule has 0 spiro atoms. The molecule has 1 atom stereocenters. The van der Waals surface area contributed by atoms with E-state index in [0.29, 0.717) is 5.41 Å². The average Bonchev–Trinajstić information content (AvgIpc) is 2.18. The molecule has 2 heterocycles. The van der Waals surface area contributed by atoms with E-state index in [2.05, 4.69) is 35.8 Å². The zero-order chi connectivity index (χ0) is 10.0. The second-order valence-corrected chi connectivity index (χ2v) is 6.35. The topological polar surface area (TPSA) is 15.3 Å². The van der Waals surface area contributed by atoms with Crippen LogP contribution in [0.15, 0.2) is 0 Å². The molecule has 0 aliphatic carbocycles. The van der Waals surface area contributed by atoms with Crippen molar-refractivity contribution in [2.24, 2.45) is 5.41 Å². The molecule has 2 rings (SSSR count). The molecule has 2 aliphatic rings. The lowest BCUT2D eigenvalue weighted by atomic mass is 9.87. The summed E-state index contributed by atoms with van der Waals surface area (Å²) in [5.41, 5.74) is 0.554. The van der Waals surface area contributed by atoms with Crippen molar-refractivity contribution in [3.05, 3.63) is 0 Å². The van der Waals surface area contributed by atoms with E-state index in [4.69, 9.17) is 0 Å². The van der Waals surface area contributed by atoms with E-state index < -0.39 is 0 Å². The van der Waals surface area contributed by atoms with E-state index in [0.717, 1.165) is 6.04 Å². The Morgan fingerprint density at radius 2 is 2.00 bits per heavy atom. The van der Waals surface area contributed by atoms with Gasteiger partial charge in [0.1, 0.15) is 0 Å². The monoisotopic (exact) mass is 214 g/mol. The van der Waals surface area contributed by atoms with Gasteiger partial charge in [-0.15, -0.1) is 0 Å². The Labute approximate surface area is 91.8 Å². The van der Waals surface area contributed by atoms with Crippen LogP contribution in [0.25, 0.3) is 0 Å². The van der Waals surface area contributed by atoms with Crippen molar-refractivity contribution in [2.45, 2.75) is 26.3 Å². The maximum absolute atomic E-state index is 3.43. The molecule has 2 aliphatic heterocycles. The molecule has 0 aromatic heterocycles. The molecule has 14 heavy (non-hydrogen) atoms. The maximum atomic E-state index is 3.43. The number of thioether (sulfide) groups is 1. The molecular formula is C11H22N2S. The van der Waals surface area contributed by atoms with Crippen LogP contribution in [-0.4, -0.2) is 48.6 Å². The first-order valence-corrected chi connectivity index (χ1v) is 6.85. The fourth-order valence-electron chi connectivity index (χ4n) is 2.51. The first-order valence-electron chi connectivity index (χ1n) is 5.70. The highest BCUT2D eigenvalue weighted by molar-refractivity contribution is 7.99. The van der Waals surface area contributed by atoms with Crippen LogP contribution in [0.1, 0.15) is 20.3 Å². The quantitative estimate of drug-likeness (QED) is 0.711. The van der Waals surface area contributed by atoms with Crippen LogP contribution in [0.4, 0.5) is 0 Å². The van der Waals surface area contributed by atoms with E-state index >= 15 is 0 Å². The van der Waals surface area contributed by atoms with Crippen LogP contribution in [-0.2, 0) is 0 Å². The van der Waals surface area contributed by atoms with Crippen LogP contribution in [0, 0.1) is 5.41 Å². The van der Waals surface area contributed by atoms with Crippen molar-refractivity contribution >= 4 is 11.8 Å². The number of hydrogen-bond donors (Lipinski definition) is 1. The van der Waals surface area contributed by atoms with Gasteiger partial charge in [0.25, 0.3) is 0 Å². The molecule has 0 bridgehead atoms. The highest BCUT2D eigenvalue weighted by Crippen LogP contribution is 2.35. The molecule has 0 radical (unpaired) electrons. The Bertz CT molecular complexity index is 188. The van der Waals surface area contributed by atoms with Crippen LogP contribution in [0.2, 0.25) is 0 Å². The van der Waals surface area contributed by atoms with Gasteiger partial charge in [0.05, 0.1) is 0 Å². The van der Waals surface area contributed by atoms with Crippen molar-refractivity contribution in [3.8, 4) is 0 Å². The summed E-state index contributed by atoms with van der Waals surface area (Å²) < 4.78 is 0. The third-order valence-electron chi connectivity index (χ3n) is 3.26. The highest BCUT2D eigenvalue weighted by Gasteiger charge is 2.32. The zero-order valence-corrected chi connectivity index (χ0v) is 10.2. The molecule has 1 N–H and O–H groups in total. The molecule has 3 heteroatoms. The Balaban J connectivity index is 1.89. The van der Waals surface area contributed by atoms with E-state index in [1.165, 1.54) is 44.1 Å². The number of rotatable bonds is 1. The molecule has 82 valence electrons. The van der Waals surface area contributed by atoms with Crippen LogP contribution >= 0.6 is 11.8 Å². The Morgan fingerprint density at radius 3 is 2.64 bits per heavy atom. The predicted octanol–water partition coefficient (Wildman–Crippen LogP) is 1.42. The van der Waals surface area contributed by atoms with Gasteiger partial charge in [0.2, 0.25) is 0 Å². The molecule has 2 fully saturated rings. The van der Waals surface area contributed by atoms with Gasteiger partial charge in [0, 0.05) is 38.0 Å². The van der Waals surface area contributed by atoms with Crippen molar-refractivity contribution in [1.82, 2.24) is 10.2 Å². The molecular weight excluding hydrogens is 192 g/mol. The Kier molecular flexibility index (Phi) is 3.40. The Morgan fingerprint density at radius 1 is 1.29 bits per heavy atom. The van der Waals surface area contributed by atoms with E-state index in [9.17, 15) is 0 Å². The van der Waals surface area contributed by atoms with Gasteiger partial charge in [-0.25, -0.2) is 0 Å². The molecule has 2 nitrogen and oxygen atoms in total. The van der Waals surface area contributed by atoms with E-state index in [1.54, 1.807) is 0 Å².